The Kier molecular flexibility index (Phi) is 5.27. The number of hydrogen-bond acceptors (Lipinski definition) is 4. The second-order valence-electron chi connectivity index (χ2n) is 5.09. The molecule has 1 aromatic heterocycles. The number of nitrogens with one attached hydrogen (secondary N) is 1. The largest absolute Gasteiger partial charge is 0.323 e. The summed E-state index contributed by atoms with van der Waals surface area (Å²) in [5.74, 6) is -0.690. The standard InChI is InChI=1S/C18H15FN2OS2/c1-12(17(22)20-15-10-6-5-9-14(15)19)24-18-21-16(11-23-18)13-7-3-2-4-8-13/h2-12H,1H3,(H,20,22)/t12-/m0/s1. The number of nitrogens with zero attached hydrogens (tertiary/aromatic N) is 1. The average Bonchev–Trinajstić information content (AvgIpc) is 3.06. The van der Waals surface area contributed by atoms with Gasteiger partial charge in [0.25, 0.3) is 0 Å². The third-order valence-corrected chi connectivity index (χ3v) is 5.40. The first-order chi connectivity index (χ1) is 11.6. The molecule has 0 bridgehead atoms. The molecule has 0 spiro atoms. The van der Waals surface area contributed by atoms with Crippen LogP contribution in [0.15, 0.2) is 64.3 Å². The molecule has 2 aromatic carbocycles. The summed E-state index contributed by atoms with van der Waals surface area (Å²) < 4.78 is 14.4. The third-order valence-electron chi connectivity index (χ3n) is 3.33. The normalized spacial score (nSPS) is 11.9. The zero-order valence-corrected chi connectivity index (χ0v) is 14.5. The van der Waals surface area contributed by atoms with E-state index in [-0.39, 0.29) is 16.8 Å². The minimum Gasteiger partial charge on any atom is -0.323 e. The molecular formula is C18H15FN2OS2. The van der Waals surface area contributed by atoms with Crippen molar-refractivity contribution in [2.45, 2.75) is 16.5 Å². The molecule has 0 aliphatic rings. The molecule has 0 fully saturated rings. The number of halogens is 1. The zero-order chi connectivity index (χ0) is 16.9. The monoisotopic (exact) mass is 358 g/mol. The minimum absolute atomic E-state index is 0.194. The van der Waals surface area contributed by atoms with Crippen LogP contribution in [0.5, 0.6) is 0 Å². The molecule has 0 aliphatic heterocycles. The number of thiazole rings is 1. The van der Waals surface area contributed by atoms with E-state index in [1.807, 2.05) is 35.7 Å². The highest BCUT2D eigenvalue weighted by Gasteiger charge is 2.18. The minimum atomic E-state index is -0.441. The third kappa shape index (κ3) is 4.01. The summed E-state index contributed by atoms with van der Waals surface area (Å²) in [6.45, 7) is 1.78. The molecule has 0 aliphatic carbocycles. The molecule has 0 unspecified atom stereocenters. The van der Waals surface area contributed by atoms with Crippen LogP contribution in [0.2, 0.25) is 0 Å². The Morgan fingerprint density at radius 3 is 2.62 bits per heavy atom. The van der Waals surface area contributed by atoms with E-state index in [2.05, 4.69) is 10.3 Å². The van der Waals surface area contributed by atoms with E-state index in [9.17, 15) is 9.18 Å². The van der Waals surface area contributed by atoms with Crippen molar-refractivity contribution in [3.63, 3.8) is 0 Å². The van der Waals surface area contributed by atoms with E-state index >= 15 is 0 Å². The number of carbonyl (C=O) groups is 1. The molecule has 0 saturated heterocycles. The van der Waals surface area contributed by atoms with E-state index < -0.39 is 5.82 Å². The number of anilines is 1. The maximum Gasteiger partial charge on any atom is 0.237 e. The van der Waals surface area contributed by atoms with Gasteiger partial charge in [-0.15, -0.1) is 11.3 Å². The Bertz CT molecular complexity index is 836. The maximum atomic E-state index is 13.6. The van der Waals surface area contributed by atoms with Crippen molar-refractivity contribution in [3.8, 4) is 11.3 Å². The van der Waals surface area contributed by atoms with E-state index in [4.69, 9.17) is 0 Å². The SMILES string of the molecule is C[C@H](Sc1nc(-c2ccccc2)cs1)C(=O)Nc1ccccc1F. The van der Waals surface area contributed by atoms with Gasteiger partial charge in [-0.2, -0.15) is 0 Å². The van der Waals surface area contributed by atoms with Crippen molar-refractivity contribution in [1.82, 2.24) is 4.98 Å². The van der Waals surface area contributed by atoms with Gasteiger partial charge in [0.1, 0.15) is 5.82 Å². The van der Waals surface area contributed by atoms with Crippen molar-refractivity contribution in [2.24, 2.45) is 0 Å². The van der Waals surface area contributed by atoms with Gasteiger partial charge >= 0.3 is 0 Å². The van der Waals surface area contributed by atoms with Gasteiger partial charge in [-0.1, -0.05) is 54.2 Å². The lowest BCUT2D eigenvalue weighted by molar-refractivity contribution is -0.115. The summed E-state index contributed by atoms with van der Waals surface area (Å²) in [5, 5.41) is 4.21. The number of amides is 1. The maximum absolute atomic E-state index is 13.6. The van der Waals surface area contributed by atoms with Gasteiger partial charge in [-0.3, -0.25) is 4.79 Å². The molecule has 3 aromatic rings. The van der Waals surface area contributed by atoms with E-state index in [1.54, 1.807) is 25.1 Å². The predicted octanol–water partition coefficient (Wildman–Crippen LogP) is 5.07. The number of rotatable bonds is 5. The van der Waals surface area contributed by atoms with Crippen molar-refractivity contribution in [1.29, 1.82) is 0 Å². The van der Waals surface area contributed by atoms with Gasteiger partial charge in [0.15, 0.2) is 4.34 Å². The second-order valence-corrected chi connectivity index (χ2v) is 7.54. The van der Waals surface area contributed by atoms with Crippen molar-refractivity contribution >= 4 is 34.7 Å². The fourth-order valence-corrected chi connectivity index (χ4v) is 4.03. The number of benzene rings is 2. The number of hydrogen-bond donors (Lipinski definition) is 1. The van der Waals surface area contributed by atoms with E-state index in [1.165, 1.54) is 29.2 Å². The van der Waals surface area contributed by atoms with Crippen LogP contribution in [0.25, 0.3) is 11.3 Å². The molecule has 0 saturated carbocycles. The van der Waals surface area contributed by atoms with Gasteiger partial charge in [0.2, 0.25) is 5.91 Å². The highest BCUT2D eigenvalue weighted by atomic mass is 32.2. The molecule has 3 nitrogen and oxygen atoms in total. The molecule has 1 atom stereocenters. The number of aromatic nitrogens is 1. The average molecular weight is 358 g/mol. The summed E-state index contributed by atoms with van der Waals surface area (Å²) in [4.78, 5) is 16.8. The van der Waals surface area contributed by atoms with E-state index in [0.717, 1.165) is 15.6 Å². The first-order valence-corrected chi connectivity index (χ1v) is 9.12. The fraction of sp³-hybridized carbons (Fsp3) is 0.111. The van der Waals surface area contributed by atoms with Crippen LogP contribution >= 0.6 is 23.1 Å². The van der Waals surface area contributed by atoms with Crippen LogP contribution in [-0.2, 0) is 4.79 Å². The lowest BCUT2D eigenvalue weighted by Gasteiger charge is -2.10. The first-order valence-electron chi connectivity index (χ1n) is 7.36. The van der Waals surface area contributed by atoms with Gasteiger partial charge in [-0.05, 0) is 19.1 Å². The van der Waals surface area contributed by atoms with Gasteiger partial charge in [-0.25, -0.2) is 9.37 Å². The molecule has 1 N–H and O–H groups in total. The van der Waals surface area contributed by atoms with E-state index in [0.29, 0.717) is 0 Å². The Hall–Kier alpha value is -2.18. The first kappa shape index (κ1) is 16.7. The van der Waals surface area contributed by atoms with Crippen LogP contribution in [0.3, 0.4) is 0 Å². The zero-order valence-electron chi connectivity index (χ0n) is 12.9. The van der Waals surface area contributed by atoms with Gasteiger partial charge in [0.05, 0.1) is 16.6 Å². The fourth-order valence-electron chi connectivity index (χ4n) is 2.05. The molecule has 6 heteroatoms. The van der Waals surface area contributed by atoms with Gasteiger partial charge in [0, 0.05) is 10.9 Å². The molecule has 0 radical (unpaired) electrons. The highest BCUT2D eigenvalue weighted by Crippen LogP contribution is 2.31. The molecular weight excluding hydrogens is 343 g/mol. The molecule has 1 amide bonds. The smallest absolute Gasteiger partial charge is 0.237 e. The Labute approximate surface area is 148 Å². The Balaban J connectivity index is 1.65. The predicted molar refractivity (Wildman–Crippen MR) is 97.9 cm³/mol. The topological polar surface area (TPSA) is 42.0 Å². The summed E-state index contributed by atoms with van der Waals surface area (Å²) in [6.07, 6.45) is 0. The molecule has 1 heterocycles. The Morgan fingerprint density at radius 2 is 1.88 bits per heavy atom. The highest BCUT2D eigenvalue weighted by molar-refractivity contribution is 8.02. The van der Waals surface area contributed by atoms with Crippen molar-refractivity contribution < 1.29 is 9.18 Å². The quantitative estimate of drug-likeness (QED) is 0.648. The van der Waals surface area contributed by atoms with Crippen molar-refractivity contribution in [3.05, 3.63) is 65.8 Å². The molecule has 122 valence electrons. The second kappa shape index (κ2) is 7.59. The number of thioether (sulfide) groups is 1. The van der Waals surface area contributed by atoms with Crippen LogP contribution in [0, 0.1) is 5.82 Å². The summed E-state index contributed by atoms with van der Waals surface area (Å²) in [7, 11) is 0. The van der Waals surface area contributed by atoms with Crippen LogP contribution < -0.4 is 5.32 Å². The van der Waals surface area contributed by atoms with Gasteiger partial charge < -0.3 is 5.32 Å². The molecule has 3 rings (SSSR count). The lowest BCUT2D eigenvalue weighted by Crippen LogP contribution is -2.22. The van der Waals surface area contributed by atoms with Crippen molar-refractivity contribution in [2.75, 3.05) is 5.32 Å². The molecule has 24 heavy (non-hydrogen) atoms. The lowest BCUT2D eigenvalue weighted by atomic mass is 10.2. The number of carbonyl (C=O) groups excluding carboxylic acids is 1. The van der Waals surface area contributed by atoms with Crippen LogP contribution in [-0.4, -0.2) is 16.1 Å². The summed E-state index contributed by atoms with van der Waals surface area (Å²) >= 11 is 2.86. The number of para-hydroxylation sites is 1. The summed E-state index contributed by atoms with van der Waals surface area (Å²) in [5.41, 5.74) is 2.13. The van der Waals surface area contributed by atoms with Crippen LogP contribution in [0.4, 0.5) is 10.1 Å². The summed E-state index contributed by atoms with van der Waals surface area (Å²) in [6, 6.07) is 16.0. The Morgan fingerprint density at radius 1 is 1.17 bits per heavy atom. The van der Waals surface area contributed by atoms with Crippen LogP contribution in [0.1, 0.15) is 6.92 Å².